The Morgan fingerprint density at radius 2 is 2.07 bits per heavy atom. The van der Waals surface area contributed by atoms with Gasteiger partial charge in [-0.2, -0.15) is 0 Å². The van der Waals surface area contributed by atoms with E-state index in [4.69, 9.17) is 9.15 Å². The highest BCUT2D eigenvalue weighted by Gasteiger charge is 2.33. The van der Waals surface area contributed by atoms with Crippen LogP contribution in [0.2, 0.25) is 0 Å². The summed E-state index contributed by atoms with van der Waals surface area (Å²) in [7, 11) is 1.65. The van der Waals surface area contributed by atoms with E-state index in [2.05, 4.69) is 4.98 Å². The van der Waals surface area contributed by atoms with E-state index < -0.39 is 0 Å². The van der Waals surface area contributed by atoms with Gasteiger partial charge < -0.3 is 14.1 Å². The highest BCUT2D eigenvalue weighted by Crippen LogP contribution is 2.30. The minimum absolute atomic E-state index is 0.0995. The van der Waals surface area contributed by atoms with Crippen LogP contribution in [0, 0.1) is 6.92 Å². The molecular weight excluding hydrogens is 360 g/mol. The number of thiophene rings is 1. The van der Waals surface area contributed by atoms with E-state index in [1.54, 1.807) is 18.4 Å². The Hall–Kier alpha value is -2.60. The third kappa shape index (κ3) is 4.06. The van der Waals surface area contributed by atoms with Crippen LogP contribution < -0.4 is 4.74 Å². The van der Waals surface area contributed by atoms with Crippen molar-refractivity contribution in [3.05, 3.63) is 58.8 Å². The van der Waals surface area contributed by atoms with Crippen LogP contribution in [0.1, 0.15) is 29.9 Å². The molecule has 2 aromatic heterocycles. The minimum atomic E-state index is 0.0995. The third-order valence-electron chi connectivity index (χ3n) is 4.76. The number of methoxy groups -OCH3 is 1. The molecule has 1 saturated carbocycles. The molecule has 5 nitrogen and oxygen atoms in total. The van der Waals surface area contributed by atoms with E-state index in [1.165, 1.54) is 0 Å². The first-order chi connectivity index (χ1) is 13.1. The number of aromatic nitrogens is 1. The van der Waals surface area contributed by atoms with Crippen LogP contribution in [0.4, 0.5) is 0 Å². The molecule has 3 aromatic rings. The lowest BCUT2D eigenvalue weighted by atomic mass is 10.1. The lowest BCUT2D eigenvalue weighted by molar-refractivity contribution is -0.131. The van der Waals surface area contributed by atoms with Gasteiger partial charge in [-0.15, -0.1) is 11.3 Å². The van der Waals surface area contributed by atoms with Crippen LogP contribution >= 0.6 is 11.3 Å². The number of aryl methyl sites for hydroxylation is 1. The number of rotatable bonds is 7. The van der Waals surface area contributed by atoms with Crippen molar-refractivity contribution in [2.24, 2.45) is 0 Å². The number of amides is 1. The highest BCUT2D eigenvalue weighted by molar-refractivity contribution is 7.13. The lowest BCUT2D eigenvalue weighted by Crippen LogP contribution is -2.34. The van der Waals surface area contributed by atoms with Gasteiger partial charge in [0, 0.05) is 12.6 Å². The first-order valence-electron chi connectivity index (χ1n) is 9.06. The van der Waals surface area contributed by atoms with Gasteiger partial charge in [-0.05, 0) is 48.9 Å². The van der Waals surface area contributed by atoms with Crippen LogP contribution in [0.3, 0.4) is 0 Å². The van der Waals surface area contributed by atoms with Crippen LogP contribution in [-0.2, 0) is 17.8 Å². The number of carbonyl (C=O) groups excluding carboxylic acids is 1. The molecule has 1 aliphatic carbocycles. The lowest BCUT2D eigenvalue weighted by Gasteiger charge is -2.22. The quantitative estimate of drug-likeness (QED) is 0.606. The van der Waals surface area contributed by atoms with E-state index in [9.17, 15) is 4.79 Å². The number of carbonyl (C=O) groups is 1. The Morgan fingerprint density at radius 3 is 2.70 bits per heavy atom. The van der Waals surface area contributed by atoms with Gasteiger partial charge in [-0.25, -0.2) is 4.98 Å². The van der Waals surface area contributed by atoms with E-state index in [0.717, 1.165) is 34.7 Å². The van der Waals surface area contributed by atoms with Gasteiger partial charge in [0.15, 0.2) is 0 Å². The molecule has 6 heteroatoms. The Morgan fingerprint density at radius 1 is 1.30 bits per heavy atom. The van der Waals surface area contributed by atoms with Crippen molar-refractivity contribution in [2.75, 3.05) is 7.11 Å². The van der Waals surface area contributed by atoms with E-state index in [1.807, 2.05) is 53.6 Å². The molecule has 0 N–H and O–H groups in total. The van der Waals surface area contributed by atoms with Crippen molar-refractivity contribution in [1.29, 1.82) is 0 Å². The zero-order chi connectivity index (χ0) is 18.8. The molecule has 0 radical (unpaired) electrons. The fraction of sp³-hybridized carbons (Fsp3) is 0.333. The maximum Gasteiger partial charge on any atom is 0.236 e. The Kier molecular flexibility index (Phi) is 4.99. The Bertz CT molecular complexity index is 912. The van der Waals surface area contributed by atoms with Crippen LogP contribution in [0.5, 0.6) is 5.75 Å². The predicted molar refractivity (Wildman–Crippen MR) is 105 cm³/mol. The molecule has 0 saturated heterocycles. The van der Waals surface area contributed by atoms with E-state index >= 15 is 0 Å². The van der Waals surface area contributed by atoms with Crippen molar-refractivity contribution >= 4 is 17.2 Å². The summed E-state index contributed by atoms with van der Waals surface area (Å²) in [4.78, 5) is 20.5. The molecular formula is C21H22N2O3S. The van der Waals surface area contributed by atoms with Gasteiger partial charge in [0.2, 0.25) is 11.8 Å². The molecule has 0 atom stereocenters. The molecule has 1 aromatic carbocycles. The minimum Gasteiger partial charge on any atom is -0.497 e. The van der Waals surface area contributed by atoms with Gasteiger partial charge in [0.05, 0.1) is 24.1 Å². The van der Waals surface area contributed by atoms with Gasteiger partial charge in [-0.1, -0.05) is 18.2 Å². The van der Waals surface area contributed by atoms with E-state index in [0.29, 0.717) is 24.2 Å². The molecule has 1 aliphatic rings. The third-order valence-corrected chi connectivity index (χ3v) is 5.62. The van der Waals surface area contributed by atoms with Crippen molar-refractivity contribution < 1.29 is 13.9 Å². The van der Waals surface area contributed by atoms with E-state index in [-0.39, 0.29) is 12.3 Å². The van der Waals surface area contributed by atoms with Crippen molar-refractivity contribution in [1.82, 2.24) is 9.88 Å². The molecule has 4 rings (SSSR count). The number of hydrogen-bond donors (Lipinski definition) is 0. The molecule has 2 heterocycles. The summed E-state index contributed by atoms with van der Waals surface area (Å²) in [6.45, 7) is 2.49. The zero-order valence-corrected chi connectivity index (χ0v) is 16.3. The molecule has 1 amide bonds. The van der Waals surface area contributed by atoms with Crippen LogP contribution in [0.25, 0.3) is 10.8 Å². The average molecular weight is 382 g/mol. The average Bonchev–Trinajstić information content (AvgIpc) is 3.23. The fourth-order valence-electron chi connectivity index (χ4n) is 3.08. The summed E-state index contributed by atoms with van der Waals surface area (Å²) in [5, 5.41) is 1.99. The monoisotopic (exact) mass is 382 g/mol. The van der Waals surface area contributed by atoms with Crippen molar-refractivity contribution in [3.63, 3.8) is 0 Å². The summed E-state index contributed by atoms with van der Waals surface area (Å²) >= 11 is 1.58. The number of ether oxygens (including phenoxy) is 1. The van der Waals surface area contributed by atoms with Gasteiger partial charge >= 0.3 is 0 Å². The molecule has 0 bridgehead atoms. The highest BCUT2D eigenvalue weighted by atomic mass is 32.1. The maximum atomic E-state index is 13.0. The molecule has 27 heavy (non-hydrogen) atoms. The number of oxazole rings is 1. The summed E-state index contributed by atoms with van der Waals surface area (Å²) in [6, 6.07) is 12.2. The van der Waals surface area contributed by atoms with Crippen molar-refractivity contribution in [3.8, 4) is 16.5 Å². The first-order valence-corrected chi connectivity index (χ1v) is 9.94. The largest absolute Gasteiger partial charge is 0.497 e. The Balaban J connectivity index is 1.48. The topological polar surface area (TPSA) is 55.6 Å². The van der Waals surface area contributed by atoms with Crippen LogP contribution in [-0.4, -0.2) is 28.9 Å². The maximum absolute atomic E-state index is 13.0. The first kappa shape index (κ1) is 17.8. The van der Waals surface area contributed by atoms with Gasteiger partial charge in [0.25, 0.3) is 0 Å². The SMILES string of the molecule is COc1ccc(CN(C(=O)Cc2nc(-c3cccs3)oc2C)C2CC2)cc1. The molecule has 0 aliphatic heterocycles. The smallest absolute Gasteiger partial charge is 0.236 e. The van der Waals surface area contributed by atoms with Gasteiger partial charge in [-0.3, -0.25) is 4.79 Å². The summed E-state index contributed by atoms with van der Waals surface area (Å²) in [5.74, 6) is 2.23. The molecule has 0 spiro atoms. The normalized spacial score (nSPS) is 13.6. The number of benzene rings is 1. The number of hydrogen-bond acceptors (Lipinski definition) is 5. The second-order valence-electron chi connectivity index (χ2n) is 6.78. The van der Waals surface area contributed by atoms with Gasteiger partial charge in [0.1, 0.15) is 11.5 Å². The molecule has 0 unspecified atom stereocenters. The predicted octanol–water partition coefficient (Wildman–Crippen LogP) is 4.45. The zero-order valence-electron chi connectivity index (χ0n) is 15.5. The summed E-state index contributed by atoms with van der Waals surface area (Å²) in [6.07, 6.45) is 2.41. The van der Waals surface area contributed by atoms with Crippen LogP contribution in [0.15, 0.2) is 46.2 Å². The second-order valence-corrected chi connectivity index (χ2v) is 7.72. The second kappa shape index (κ2) is 7.56. The summed E-state index contributed by atoms with van der Waals surface area (Å²) in [5.41, 5.74) is 1.83. The van der Waals surface area contributed by atoms with Crippen molar-refractivity contribution in [2.45, 2.75) is 38.8 Å². The Labute approximate surface area is 162 Å². The molecule has 1 fully saturated rings. The number of nitrogens with zero attached hydrogens (tertiary/aromatic N) is 2. The standard InChI is InChI=1S/C21H22N2O3S/c1-14-18(22-21(26-14)19-4-3-11-27-19)12-20(24)23(16-7-8-16)13-15-5-9-17(25-2)10-6-15/h3-6,9-11,16H,7-8,12-13H2,1-2H3. The fourth-order valence-corrected chi connectivity index (χ4v) is 3.73. The summed E-state index contributed by atoms with van der Waals surface area (Å²) < 4.78 is 11.0. The molecule has 140 valence electrons.